The summed E-state index contributed by atoms with van der Waals surface area (Å²) in [5.41, 5.74) is 3.92. The molecule has 1 aromatic carbocycles. The third-order valence-electron chi connectivity index (χ3n) is 2.30. The highest BCUT2D eigenvalue weighted by Gasteiger charge is 2.07. The van der Waals surface area contributed by atoms with Gasteiger partial charge in [-0.05, 0) is 36.3 Å². The monoisotopic (exact) mass is 242 g/mol. The summed E-state index contributed by atoms with van der Waals surface area (Å²) in [5.74, 6) is 7.44. The van der Waals surface area contributed by atoms with E-state index < -0.39 is 0 Å². The van der Waals surface area contributed by atoms with E-state index in [1.165, 1.54) is 18.6 Å². The van der Waals surface area contributed by atoms with E-state index in [1.54, 1.807) is 0 Å². The van der Waals surface area contributed by atoms with Gasteiger partial charge in [0.1, 0.15) is 5.82 Å². The van der Waals surface area contributed by atoms with E-state index >= 15 is 0 Å². The molecule has 4 heteroatoms. The number of halogens is 1. The van der Waals surface area contributed by atoms with Crippen molar-refractivity contribution in [3.63, 3.8) is 0 Å². The second-order valence-corrected chi connectivity index (χ2v) is 4.92. The van der Waals surface area contributed by atoms with Crippen molar-refractivity contribution in [1.82, 2.24) is 5.43 Å². The summed E-state index contributed by atoms with van der Waals surface area (Å²) in [7, 11) is 0. The summed E-state index contributed by atoms with van der Waals surface area (Å²) in [4.78, 5) is 0. The van der Waals surface area contributed by atoms with Crippen molar-refractivity contribution >= 4 is 11.8 Å². The highest BCUT2D eigenvalue weighted by Crippen LogP contribution is 2.10. The molecule has 0 aliphatic rings. The largest absolute Gasteiger partial charge is 0.271 e. The molecular weight excluding hydrogens is 223 g/mol. The van der Waals surface area contributed by atoms with Crippen molar-refractivity contribution < 1.29 is 4.39 Å². The zero-order valence-electron chi connectivity index (χ0n) is 9.58. The smallest absolute Gasteiger partial charge is 0.123 e. The van der Waals surface area contributed by atoms with Crippen molar-refractivity contribution in [2.45, 2.75) is 25.8 Å². The number of nitrogens with two attached hydrogens (primary N) is 1. The van der Waals surface area contributed by atoms with Crippen LogP contribution in [0.1, 0.15) is 18.9 Å². The first-order valence-corrected chi connectivity index (χ1v) is 6.70. The molecule has 3 N–H and O–H groups in total. The van der Waals surface area contributed by atoms with Crippen LogP contribution >= 0.6 is 11.8 Å². The third kappa shape index (κ3) is 4.96. The van der Waals surface area contributed by atoms with Gasteiger partial charge in [0.2, 0.25) is 0 Å². The molecule has 2 nitrogen and oxygen atoms in total. The average molecular weight is 242 g/mol. The van der Waals surface area contributed by atoms with Gasteiger partial charge < -0.3 is 0 Å². The van der Waals surface area contributed by atoms with E-state index in [4.69, 9.17) is 5.84 Å². The number of hydrogen-bond acceptors (Lipinski definition) is 3. The van der Waals surface area contributed by atoms with Crippen LogP contribution in [0.2, 0.25) is 0 Å². The molecule has 0 aromatic heterocycles. The lowest BCUT2D eigenvalue weighted by atomic mass is 10.1. The van der Waals surface area contributed by atoms with Crippen molar-refractivity contribution in [2.24, 2.45) is 5.84 Å². The Labute approximate surface area is 101 Å². The molecule has 0 amide bonds. The van der Waals surface area contributed by atoms with E-state index in [-0.39, 0.29) is 11.9 Å². The van der Waals surface area contributed by atoms with Gasteiger partial charge in [0, 0.05) is 11.8 Å². The van der Waals surface area contributed by atoms with Crippen molar-refractivity contribution in [3.05, 3.63) is 35.6 Å². The van der Waals surface area contributed by atoms with Crippen LogP contribution in [-0.4, -0.2) is 17.5 Å². The Bertz CT molecular complexity index is 290. The minimum absolute atomic E-state index is 0.193. The van der Waals surface area contributed by atoms with E-state index in [1.807, 2.05) is 23.9 Å². The van der Waals surface area contributed by atoms with Gasteiger partial charge in [0.05, 0.1) is 0 Å². The number of benzene rings is 1. The van der Waals surface area contributed by atoms with Gasteiger partial charge in [0.15, 0.2) is 0 Å². The predicted molar refractivity (Wildman–Crippen MR) is 68.8 cm³/mol. The van der Waals surface area contributed by atoms with Crippen LogP contribution < -0.4 is 11.3 Å². The molecule has 16 heavy (non-hydrogen) atoms. The first kappa shape index (κ1) is 13.5. The van der Waals surface area contributed by atoms with Crippen LogP contribution in [0, 0.1) is 5.82 Å². The van der Waals surface area contributed by atoms with Crippen molar-refractivity contribution in [2.75, 3.05) is 11.5 Å². The fraction of sp³-hybridized carbons (Fsp3) is 0.500. The van der Waals surface area contributed by atoms with Gasteiger partial charge in [-0.15, -0.1) is 0 Å². The average Bonchev–Trinajstić information content (AvgIpc) is 2.31. The third-order valence-corrected chi connectivity index (χ3v) is 3.63. The SMILES string of the molecule is CCCSCC(Cc1ccc(F)cc1)NN. The first-order chi connectivity index (χ1) is 7.76. The minimum Gasteiger partial charge on any atom is -0.271 e. The van der Waals surface area contributed by atoms with Gasteiger partial charge >= 0.3 is 0 Å². The molecule has 0 spiro atoms. The molecule has 1 aromatic rings. The molecule has 0 aliphatic heterocycles. The highest BCUT2D eigenvalue weighted by molar-refractivity contribution is 7.99. The summed E-state index contributed by atoms with van der Waals surface area (Å²) >= 11 is 1.89. The minimum atomic E-state index is -0.193. The van der Waals surface area contributed by atoms with Crippen LogP contribution in [0.3, 0.4) is 0 Å². The van der Waals surface area contributed by atoms with Crippen LogP contribution in [-0.2, 0) is 6.42 Å². The van der Waals surface area contributed by atoms with Crippen LogP contribution in [0.15, 0.2) is 24.3 Å². The Hall–Kier alpha value is -0.580. The quantitative estimate of drug-likeness (QED) is 0.438. The summed E-state index contributed by atoms with van der Waals surface area (Å²) in [6.45, 7) is 2.16. The molecule has 0 aliphatic carbocycles. The maximum atomic E-state index is 12.7. The fourth-order valence-corrected chi connectivity index (χ4v) is 2.39. The Morgan fingerprint density at radius 2 is 2.06 bits per heavy atom. The van der Waals surface area contributed by atoms with Gasteiger partial charge in [-0.1, -0.05) is 19.1 Å². The van der Waals surface area contributed by atoms with Gasteiger partial charge in [-0.3, -0.25) is 11.3 Å². The Morgan fingerprint density at radius 3 is 2.62 bits per heavy atom. The molecule has 0 heterocycles. The molecule has 1 rings (SSSR count). The number of thioether (sulfide) groups is 1. The standard InChI is InChI=1S/C12H19FN2S/c1-2-7-16-9-12(15-14)8-10-3-5-11(13)6-4-10/h3-6,12,15H,2,7-9,14H2,1H3. The Kier molecular flexibility index (Phi) is 6.45. The summed E-state index contributed by atoms with van der Waals surface area (Å²) in [6, 6.07) is 6.85. The molecule has 1 unspecified atom stereocenters. The molecule has 1 atom stereocenters. The summed E-state index contributed by atoms with van der Waals surface area (Å²) in [5, 5.41) is 0. The lowest BCUT2D eigenvalue weighted by Gasteiger charge is -2.15. The Morgan fingerprint density at radius 1 is 1.38 bits per heavy atom. The second kappa shape index (κ2) is 7.65. The Balaban J connectivity index is 2.40. The maximum Gasteiger partial charge on any atom is 0.123 e. The molecule has 0 fully saturated rings. The molecule has 0 radical (unpaired) electrons. The molecule has 0 saturated heterocycles. The molecule has 0 saturated carbocycles. The fourth-order valence-electron chi connectivity index (χ4n) is 1.44. The number of hydrazine groups is 1. The zero-order valence-corrected chi connectivity index (χ0v) is 10.4. The summed E-state index contributed by atoms with van der Waals surface area (Å²) < 4.78 is 12.7. The van der Waals surface area contributed by atoms with E-state index in [9.17, 15) is 4.39 Å². The van der Waals surface area contributed by atoms with E-state index in [2.05, 4.69) is 12.3 Å². The van der Waals surface area contributed by atoms with E-state index in [0.29, 0.717) is 0 Å². The second-order valence-electron chi connectivity index (χ2n) is 3.77. The first-order valence-electron chi connectivity index (χ1n) is 5.54. The van der Waals surface area contributed by atoms with Crippen LogP contribution in [0.4, 0.5) is 4.39 Å². The molecular formula is C12H19FN2S. The summed E-state index contributed by atoms with van der Waals surface area (Å²) in [6.07, 6.45) is 2.02. The van der Waals surface area contributed by atoms with Gasteiger partial charge in [-0.2, -0.15) is 11.8 Å². The van der Waals surface area contributed by atoms with Gasteiger partial charge in [-0.25, -0.2) is 4.39 Å². The zero-order chi connectivity index (χ0) is 11.8. The normalized spacial score (nSPS) is 12.7. The number of nitrogens with one attached hydrogen (secondary N) is 1. The molecule has 0 bridgehead atoms. The molecule has 90 valence electrons. The topological polar surface area (TPSA) is 38.0 Å². The van der Waals surface area contributed by atoms with Crippen LogP contribution in [0.25, 0.3) is 0 Å². The van der Waals surface area contributed by atoms with Crippen molar-refractivity contribution in [3.8, 4) is 0 Å². The maximum absolute atomic E-state index is 12.7. The van der Waals surface area contributed by atoms with Crippen LogP contribution in [0.5, 0.6) is 0 Å². The lowest BCUT2D eigenvalue weighted by Crippen LogP contribution is -2.38. The van der Waals surface area contributed by atoms with Gasteiger partial charge in [0.25, 0.3) is 0 Å². The number of hydrogen-bond donors (Lipinski definition) is 2. The number of rotatable bonds is 7. The van der Waals surface area contributed by atoms with E-state index in [0.717, 1.165) is 23.5 Å². The lowest BCUT2D eigenvalue weighted by molar-refractivity contribution is 0.573. The van der Waals surface area contributed by atoms with Crippen molar-refractivity contribution in [1.29, 1.82) is 0 Å². The predicted octanol–water partition coefficient (Wildman–Crippen LogP) is 2.34. The highest BCUT2D eigenvalue weighted by atomic mass is 32.2.